The van der Waals surface area contributed by atoms with E-state index in [-0.39, 0.29) is 12.5 Å². The Hall–Kier alpha value is -1.40. The van der Waals surface area contributed by atoms with Crippen molar-refractivity contribution in [3.8, 4) is 0 Å². The largest absolute Gasteiger partial charge is 0.392 e. The predicted molar refractivity (Wildman–Crippen MR) is 59.9 cm³/mol. The highest BCUT2D eigenvalue weighted by atomic mass is 16.3. The number of rotatable bonds is 4. The first kappa shape index (κ1) is 12.7. The van der Waals surface area contributed by atoms with Crippen molar-refractivity contribution >= 4 is 5.91 Å². The van der Waals surface area contributed by atoms with Gasteiger partial charge in [-0.3, -0.25) is 9.48 Å². The fourth-order valence-corrected chi connectivity index (χ4v) is 1.29. The molecule has 1 rings (SSSR count). The highest BCUT2D eigenvalue weighted by molar-refractivity contribution is 5.92. The molecule has 1 amide bonds. The third-order valence-corrected chi connectivity index (χ3v) is 2.35. The van der Waals surface area contributed by atoms with Gasteiger partial charge in [-0.15, -0.1) is 0 Å². The molecule has 2 atom stereocenters. The number of aliphatic hydroxyl groups excluding tert-OH is 1. The second kappa shape index (κ2) is 5.09. The minimum Gasteiger partial charge on any atom is -0.392 e. The average Bonchev–Trinajstić information content (AvgIpc) is 2.53. The maximum atomic E-state index is 11.7. The van der Waals surface area contributed by atoms with Gasteiger partial charge in [0.15, 0.2) is 0 Å². The Bertz CT molecular complexity index is 373. The van der Waals surface area contributed by atoms with Crippen molar-refractivity contribution in [1.29, 1.82) is 0 Å². The Balaban J connectivity index is 2.56. The van der Waals surface area contributed by atoms with Crippen LogP contribution in [-0.2, 0) is 7.05 Å². The number of nitrogens with zero attached hydrogens (tertiary/aromatic N) is 2. The van der Waals surface area contributed by atoms with Gasteiger partial charge in [0.05, 0.1) is 11.8 Å². The van der Waals surface area contributed by atoms with Gasteiger partial charge in [0.1, 0.15) is 5.69 Å². The molecule has 0 saturated carbocycles. The number of nitrogens with one attached hydrogen (secondary N) is 1. The van der Waals surface area contributed by atoms with Crippen molar-refractivity contribution in [3.63, 3.8) is 0 Å². The van der Waals surface area contributed by atoms with Crippen molar-refractivity contribution in [2.45, 2.75) is 26.0 Å². The molecule has 0 saturated heterocycles. The number of nitrogens with two attached hydrogens (primary N) is 1. The number of hydrogen-bond donors (Lipinski definition) is 3. The lowest BCUT2D eigenvalue weighted by atomic mass is 10.2. The Morgan fingerprint density at radius 3 is 2.81 bits per heavy atom. The molecule has 0 aliphatic heterocycles. The van der Waals surface area contributed by atoms with Crippen LogP contribution in [0.1, 0.15) is 23.1 Å². The third-order valence-electron chi connectivity index (χ3n) is 2.35. The molecule has 4 N–H and O–H groups in total. The van der Waals surface area contributed by atoms with Gasteiger partial charge in [-0.25, -0.2) is 0 Å². The van der Waals surface area contributed by atoms with Gasteiger partial charge in [-0.05, 0) is 19.9 Å². The third kappa shape index (κ3) is 3.04. The first-order valence-corrected chi connectivity index (χ1v) is 5.14. The zero-order valence-electron chi connectivity index (χ0n) is 9.77. The Kier molecular flexibility index (Phi) is 4.03. The standard InChI is InChI=1S/C10H18N4O2/c1-6-4-9(14(3)13-6)10(16)12-5-8(11)7(2)15/h4,7-8,15H,5,11H2,1-3H3,(H,12,16). The summed E-state index contributed by atoms with van der Waals surface area (Å²) >= 11 is 0. The van der Waals surface area contributed by atoms with Crippen molar-refractivity contribution in [2.75, 3.05) is 6.54 Å². The van der Waals surface area contributed by atoms with Crippen molar-refractivity contribution in [1.82, 2.24) is 15.1 Å². The van der Waals surface area contributed by atoms with Crippen LogP contribution in [0.5, 0.6) is 0 Å². The first-order valence-electron chi connectivity index (χ1n) is 5.14. The molecule has 16 heavy (non-hydrogen) atoms. The van der Waals surface area contributed by atoms with Crippen LogP contribution in [0.2, 0.25) is 0 Å². The lowest BCUT2D eigenvalue weighted by Crippen LogP contribution is -2.44. The maximum Gasteiger partial charge on any atom is 0.269 e. The van der Waals surface area contributed by atoms with Gasteiger partial charge >= 0.3 is 0 Å². The second-order valence-electron chi connectivity index (χ2n) is 3.91. The molecule has 1 heterocycles. The summed E-state index contributed by atoms with van der Waals surface area (Å²) in [6, 6.07) is 1.24. The zero-order valence-corrected chi connectivity index (χ0v) is 9.77. The number of hydrogen-bond acceptors (Lipinski definition) is 4. The maximum absolute atomic E-state index is 11.7. The van der Waals surface area contributed by atoms with Crippen LogP contribution in [0.3, 0.4) is 0 Å². The quantitative estimate of drug-likeness (QED) is 0.624. The Labute approximate surface area is 94.4 Å². The Morgan fingerprint density at radius 2 is 2.38 bits per heavy atom. The van der Waals surface area contributed by atoms with Gasteiger partial charge in [-0.1, -0.05) is 0 Å². The molecule has 1 aromatic rings. The molecule has 0 radical (unpaired) electrons. The van der Waals surface area contributed by atoms with Gasteiger partial charge < -0.3 is 16.2 Å². The molecule has 0 aromatic carbocycles. The molecule has 0 fully saturated rings. The van der Waals surface area contributed by atoms with E-state index in [1.165, 1.54) is 4.68 Å². The Morgan fingerprint density at radius 1 is 1.75 bits per heavy atom. The summed E-state index contributed by atoms with van der Waals surface area (Å²) in [6.07, 6.45) is -0.645. The smallest absolute Gasteiger partial charge is 0.269 e. The number of amides is 1. The summed E-state index contributed by atoms with van der Waals surface area (Å²) in [5.74, 6) is -0.237. The molecule has 1 aromatic heterocycles. The fourth-order valence-electron chi connectivity index (χ4n) is 1.29. The SMILES string of the molecule is Cc1cc(C(=O)NCC(N)C(C)O)n(C)n1. The van der Waals surface area contributed by atoms with E-state index in [0.717, 1.165) is 5.69 Å². The molecule has 6 nitrogen and oxygen atoms in total. The predicted octanol–water partition coefficient (Wildman–Crippen LogP) is -0.834. The summed E-state index contributed by atoms with van der Waals surface area (Å²) in [5, 5.41) is 15.9. The van der Waals surface area contributed by atoms with Crippen LogP contribution in [0.15, 0.2) is 6.07 Å². The number of aryl methyl sites for hydroxylation is 2. The molecule has 0 aliphatic carbocycles. The lowest BCUT2D eigenvalue weighted by molar-refractivity contribution is 0.0928. The van der Waals surface area contributed by atoms with E-state index >= 15 is 0 Å². The highest BCUT2D eigenvalue weighted by Gasteiger charge is 2.14. The van der Waals surface area contributed by atoms with Gasteiger partial charge in [-0.2, -0.15) is 5.10 Å². The summed E-state index contributed by atoms with van der Waals surface area (Å²) in [6.45, 7) is 3.64. The molecule has 0 bridgehead atoms. The highest BCUT2D eigenvalue weighted by Crippen LogP contribution is 2.01. The van der Waals surface area contributed by atoms with E-state index in [1.54, 1.807) is 20.0 Å². The van der Waals surface area contributed by atoms with Crippen LogP contribution >= 0.6 is 0 Å². The van der Waals surface area contributed by atoms with E-state index in [4.69, 9.17) is 10.8 Å². The molecular formula is C10H18N4O2. The van der Waals surface area contributed by atoms with E-state index in [2.05, 4.69) is 10.4 Å². The van der Waals surface area contributed by atoms with Crippen LogP contribution in [0.4, 0.5) is 0 Å². The molecular weight excluding hydrogens is 208 g/mol. The van der Waals surface area contributed by atoms with Crippen molar-refractivity contribution in [3.05, 3.63) is 17.5 Å². The van der Waals surface area contributed by atoms with Crippen LogP contribution in [0.25, 0.3) is 0 Å². The monoisotopic (exact) mass is 226 g/mol. The van der Waals surface area contributed by atoms with Crippen LogP contribution < -0.4 is 11.1 Å². The summed E-state index contributed by atoms with van der Waals surface area (Å²) < 4.78 is 1.51. The first-order chi connectivity index (χ1) is 7.41. The number of carbonyl (C=O) groups excluding carboxylic acids is 1. The minimum absolute atomic E-state index is 0.237. The number of aliphatic hydroxyl groups is 1. The van der Waals surface area contributed by atoms with E-state index in [9.17, 15) is 4.79 Å². The topological polar surface area (TPSA) is 93.2 Å². The molecule has 6 heteroatoms. The van der Waals surface area contributed by atoms with E-state index in [0.29, 0.717) is 5.69 Å². The number of carbonyl (C=O) groups is 1. The summed E-state index contributed by atoms with van der Waals surface area (Å²) in [7, 11) is 1.70. The van der Waals surface area contributed by atoms with Crippen LogP contribution in [-0.4, -0.2) is 39.5 Å². The van der Waals surface area contributed by atoms with Crippen LogP contribution in [0, 0.1) is 6.92 Å². The average molecular weight is 226 g/mol. The van der Waals surface area contributed by atoms with Gasteiger partial charge in [0.2, 0.25) is 0 Å². The molecule has 0 spiro atoms. The molecule has 0 aliphatic rings. The summed E-state index contributed by atoms with van der Waals surface area (Å²) in [5.41, 5.74) is 6.87. The van der Waals surface area contributed by atoms with Gasteiger partial charge in [0, 0.05) is 19.6 Å². The summed E-state index contributed by atoms with van der Waals surface area (Å²) in [4.78, 5) is 11.7. The number of aromatic nitrogens is 2. The zero-order chi connectivity index (χ0) is 12.3. The minimum atomic E-state index is -0.645. The fraction of sp³-hybridized carbons (Fsp3) is 0.600. The van der Waals surface area contributed by atoms with Gasteiger partial charge in [0.25, 0.3) is 5.91 Å². The second-order valence-corrected chi connectivity index (χ2v) is 3.91. The molecule has 90 valence electrons. The van der Waals surface area contributed by atoms with Crippen molar-refractivity contribution < 1.29 is 9.90 Å². The van der Waals surface area contributed by atoms with E-state index in [1.807, 2.05) is 6.92 Å². The van der Waals surface area contributed by atoms with E-state index < -0.39 is 12.1 Å². The molecule has 2 unspecified atom stereocenters. The normalized spacial score (nSPS) is 14.6. The van der Waals surface area contributed by atoms with Crippen molar-refractivity contribution in [2.24, 2.45) is 12.8 Å². The lowest BCUT2D eigenvalue weighted by Gasteiger charge is -2.15.